The predicted molar refractivity (Wildman–Crippen MR) is 417 cm³/mol. The molecular formula is C80H92F2N16O12. The molecule has 0 bridgehead atoms. The number of nitrogens with zero attached hydrogens (tertiary/aromatic N) is 9. The Morgan fingerprint density at radius 1 is 0.582 bits per heavy atom. The highest BCUT2D eigenvalue weighted by Crippen LogP contribution is 2.43. The van der Waals surface area contributed by atoms with Gasteiger partial charge in [-0.05, 0) is 155 Å². The number of aromatic hydroxyl groups is 1. The average molecular weight is 1510 g/mol. The molecule has 10 rings (SSSR count). The molecule has 110 heavy (non-hydrogen) atoms. The fourth-order valence-electron chi connectivity index (χ4n) is 12.9. The molecule has 13 N–H and O–H groups in total. The minimum atomic E-state index is -1.27. The fourth-order valence-corrected chi connectivity index (χ4v) is 12.9. The van der Waals surface area contributed by atoms with E-state index in [0.717, 1.165) is 99.4 Å². The molecule has 4 heterocycles. The lowest BCUT2D eigenvalue weighted by Crippen LogP contribution is -2.41. The number of carboxylic acids is 1. The first kappa shape index (κ1) is 80.6. The number of carboxylic acid groups (broad SMARTS) is 1. The van der Waals surface area contributed by atoms with Crippen LogP contribution in [-0.2, 0) is 36.9 Å². The number of fused-ring (bicyclic) bond motifs is 4. The zero-order chi connectivity index (χ0) is 78.4. The van der Waals surface area contributed by atoms with Crippen LogP contribution in [0.4, 0.5) is 43.3 Å². The van der Waals surface area contributed by atoms with Gasteiger partial charge in [0.2, 0.25) is 11.4 Å². The normalized spacial score (nSPS) is 11.7. The maximum atomic E-state index is 14.7. The van der Waals surface area contributed by atoms with E-state index in [1.165, 1.54) is 0 Å². The zero-order valence-corrected chi connectivity index (χ0v) is 61.8. The van der Waals surface area contributed by atoms with Crippen molar-refractivity contribution >= 4 is 103 Å². The number of aryl methyl sites for hydroxylation is 1. The van der Waals surface area contributed by atoms with Crippen LogP contribution >= 0.6 is 0 Å². The summed E-state index contributed by atoms with van der Waals surface area (Å²) in [6, 6.07) is 25.0. The molecule has 0 saturated heterocycles. The summed E-state index contributed by atoms with van der Waals surface area (Å²) in [5.74, 6) is -4.83. The predicted octanol–water partition coefficient (Wildman–Crippen LogP) is 10.1. The van der Waals surface area contributed by atoms with E-state index in [2.05, 4.69) is 50.8 Å². The lowest BCUT2D eigenvalue weighted by atomic mass is 9.90. The van der Waals surface area contributed by atoms with Crippen LogP contribution in [0.25, 0.3) is 55.6 Å². The number of aromatic nitrogens is 6. The first-order chi connectivity index (χ1) is 52.9. The number of anilines is 6. The van der Waals surface area contributed by atoms with E-state index < -0.39 is 40.7 Å². The second-order valence-electron chi connectivity index (χ2n) is 27.2. The van der Waals surface area contributed by atoms with Crippen molar-refractivity contribution in [1.82, 2.24) is 50.8 Å². The van der Waals surface area contributed by atoms with Gasteiger partial charge < -0.3 is 77.7 Å². The van der Waals surface area contributed by atoms with Gasteiger partial charge in [-0.15, -0.1) is 0 Å². The number of nitrogens with two attached hydrogens (primary N) is 4. The Balaban J connectivity index is 0.623. The molecule has 0 spiro atoms. The van der Waals surface area contributed by atoms with Crippen LogP contribution in [0, 0.1) is 18.6 Å². The molecule has 1 aliphatic heterocycles. The molecule has 1 atom stereocenters. The third-order valence-corrected chi connectivity index (χ3v) is 18.8. The molecule has 5 aromatic carbocycles. The van der Waals surface area contributed by atoms with Gasteiger partial charge in [0.25, 0.3) is 17.7 Å². The number of ether oxygens (including phenoxy) is 2. The van der Waals surface area contributed by atoms with Gasteiger partial charge in [-0.1, -0.05) is 31.7 Å². The number of Topliss-reactive ketones (excluding diaryl/α,β-unsaturated/α-hetero) is 2. The summed E-state index contributed by atoms with van der Waals surface area (Å²) < 4.78 is 47.0. The van der Waals surface area contributed by atoms with Gasteiger partial charge in [0.1, 0.15) is 34.5 Å². The molecule has 30 heteroatoms. The van der Waals surface area contributed by atoms with Gasteiger partial charge in [0, 0.05) is 122 Å². The van der Waals surface area contributed by atoms with E-state index in [9.17, 15) is 52.6 Å². The van der Waals surface area contributed by atoms with Gasteiger partial charge in [0.15, 0.2) is 34.4 Å². The summed E-state index contributed by atoms with van der Waals surface area (Å²) in [5.41, 5.74) is 31.4. The van der Waals surface area contributed by atoms with Crippen LogP contribution in [0.2, 0.25) is 0 Å². The Morgan fingerprint density at radius 3 is 1.84 bits per heavy atom. The standard InChI is InChI=1S/C80H92F2N16O12/c1-48-37-51(20-26-59(48)71-60-40-62(81)67(101)42-69(60)110-70-43-68(102)63(82)41-61(70)71)77(104)88-29-33-108-35-36-109-34-32-98(30-10-6-4-8-13-57(99)15-12-28-87-76(103)49-16-21-55(22-17-49)96(2)46-53-44-89-66-39-52(83)38-64(84)72(66)91-53)31-11-7-5-9-14-58(100)25-27-65(79(106)107)93-78(105)50-18-23-56(24-19-50)97(3)47-54-45-90-75-73(92-54)74(85)94-80(86)95-75/h16-24,26,37-45,65,101H,4-15,25,27-36,46-47,83-84H2,1-3H3,(H,87,103)(H,88,104)(H,93,105)(H,106,107)(H4,85,86,90,94,95). The number of unbranched alkanes of at least 4 members (excludes halogenated alkanes) is 6. The lowest BCUT2D eigenvalue weighted by molar-refractivity contribution is -0.139. The van der Waals surface area contributed by atoms with Gasteiger partial charge in [-0.3, -0.25) is 33.8 Å². The summed E-state index contributed by atoms with van der Waals surface area (Å²) in [7, 11) is 3.75. The van der Waals surface area contributed by atoms with Crippen LogP contribution in [0.15, 0.2) is 125 Å². The van der Waals surface area contributed by atoms with Crippen LogP contribution in [0.1, 0.15) is 138 Å². The first-order valence-corrected chi connectivity index (χ1v) is 36.6. The number of phenolic OH excluding ortho intramolecular Hbond substituents is 1. The number of nitrogens with one attached hydrogen (secondary N) is 3. The number of benzene rings is 6. The fraction of sp³-hybridized carbons (Fsp3) is 0.362. The molecule has 2 aliphatic rings. The van der Waals surface area contributed by atoms with Gasteiger partial charge in [-0.25, -0.2) is 28.5 Å². The van der Waals surface area contributed by atoms with Crippen molar-refractivity contribution in [2.75, 3.05) is 106 Å². The number of nitrogen functional groups attached to an aromatic ring is 4. The van der Waals surface area contributed by atoms with Crippen molar-refractivity contribution < 1.29 is 61.7 Å². The topological polar surface area (TPSA) is 419 Å². The van der Waals surface area contributed by atoms with Crippen molar-refractivity contribution in [3.8, 4) is 28.2 Å². The number of ketones is 2. The van der Waals surface area contributed by atoms with E-state index in [1.807, 2.05) is 36.0 Å². The Hall–Kier alpha value is -11.9. The van der Waals surface area contributed by atoms with E-state index in [4.69, 9.17) is 36.8 Å². The minimum Gasteiger partial charge on any atom is -0.505 e. The molecule has 1 unspecified atom stereocenters. The maximum Gasteiger partial charge on any atom is 0.326 e. The second kappa shape index (κ2) is 38.8. The summed E-state index contributed by atoms with van der Waals surface area (Å²) in [4.78, 5) is 122. The largest absolute Gasteiger partial charge is 0.505 e. The smallest absolute Gasteiger partial charge is 0.326 e. The first-order valence-electron chi connectivity index (χ1n) is 36.6. The van der Waals surface area contributed by atoms with Crippen molar-refractivity contribution in [3.63, 3.8) is 0 Å². The van der Waals surface area contributed by atoms with E-state index >= 15 is 0 Å². The molecule has 28 nitrogen and oxygen atoms in total. The third-order valence-electron chi connectivity index (χ3n) is 18.8. The summed E-state index contributed by atoms with van der Waals surface area (Å²) in [5, 5.41) is 28.7. The number of amides is 3. The number of rotatable bonds is 42. The maximum absolute atomic E-state index is 14.7. The second-order valence-corrected chi connectivity index (χ2v) is 27.2. The van der Waals surface area contributed by atoms with Crippen LogP contribution in [0.3, 0.4) is 0 Å². The number of aliphatic carboxylic acids is 1. The molecular weight excluding hydrogens is 1410 g/mol. The Bertz CT molecular complexity index is 4960. The van der Waals surface area contributed by atoms with Gasteiger partial charge >= 0.3 is 5.97 Å². The quantitative estimate of drug-likeness (QED) is 0.00975. The van der Waals surface area contributed by atoms with Gasteiger partial charge in [-0.2, -0.15) is 9.97 Å². The summed E-state index contributed by atoms with van der Waals surface area (Å²) in [6.45, 7) is 6.58. The lowest BCUT2D eigenvalue weighted by Gasteiger charge is -2.22. The van der Waals surface area contributed by atoms with E-state index in [0.29, 0.717) is 127 Å². The van der Waals surface area contributed by atoms with Crippen molar-refractivity contribution in [1.29, 1.82) is 0 Å². The number of carbonyl (C=O) groups is 6. The Morgan fingerprint density at radius 2 is 1.17 bits per heavy atom. The van der Waals surface area contributed by atoms with Gasteiger partial charge in [0.05, 0.1) is 74.5 Å². The molecule has 578 valence electrons. The Labute approximate surface area is 633 Å². The van der Waals surface area contributed by atoms with Crippen LogP contribution in [-0.4, -0.2) is 160 Å². The molecule has 0 radical (unpaired) electrons. The Kier molecular flexibility index (Phi) is 28.4. The molecule has 8 aromatic rings. The number of hydrogen-bond donors (Lipinski definition) is 9. The summed E-state index contributed by atoms with van der Waals surface area (Å²) >= 11 is 0. The molecule has 0 fully saturated rings. The zero-order valence-electron chi connectivity index (χ0n) is 61.8. The average Bonchev–Trinajstić information content (AvgIpc) is 0.742. The highest BCUT2D eigenvalue weighted by Gasteiger charge is 2.25. The van der Waals surface area contributed by atoms with Crippen molar-refractivity contribution in [2.45, 2.75) is 116 Å². The minimum absolute atomic E-state index is 0.00684. The number of hydrogen-bond acceptors (Lipinski definition) is 24. The van der Waals surface area contributed by atoms with Crippen molar-refractivity contribution in [3.05, 3.63) is 171 Å². The molecule has 3 amide bonds. The number of phenols is 1. The van der Waals surface area contributed by atoms with Crippen LogP contribution < -0.4 is 54.1 Å². The monoisotopic (exact) mass is 1510 g/mol. The molecule has 0 saturated carbocycles. The molecule has 3 aromatic heterocycles. The van der Waals surface area contributed by atoms with Crippen LogP contribution in [0.5, 0.6) is 5.75 Å². The van der Waals surface area contributed by atoms with E-state index in [-0.39, 0.29) is 108 Å². The third kappa shape index (κ3) is 22.4. The number of carbonyl (C=O) groups excluding carboxylic acids is 5. The summed E-state index contributed by atoms with van der Waals surface area (Å²) in [6.07, 6.45) is 11.4. The van der Waals surface area contributed by atoms with Crippen molar-refractivity contribution in [2.24, 2.45) is 0 Å². The SMILES string of the molecule is Cc1cc(C(=O)NCCOCCOCCN(CCCCCCC(=O)CCCNC(=O)c2ccc(N(C)Cc3cnc4cc(N)cc(N)c4n3)cc2)CCCCCCC(=O)CCC(NC(=O)c2ccc(N(C)Cc3cnc4nc(N)nc(N)c4n3)cc2)C(=O)O)ccc1-c1c2cc(F)c(=O)cc-2oc2cc(O)c(F)cc12. The van der Waals surface area contributed by atoms with E-state index in [1.54, 1.807) is 86.0 Å². The number of halogens is 2. The highest BCUT2D eigenvalue weighted by molar-refractivity contribution is 6.04. The highest BCUT2D eigenvalue weighted by atomic mass is 19.1. The molecule has 1 aliphatic carbocycles.